The summed E-state index contributed by atoms with van der Waals surface area (Å²) >= 11 is 3.28. The molecule has 55 heavy (non-hydrogen) atoms. The molecule has 1 aliphatic heterocycles. The molecule has 2 N–H and O–H groups in total. The molecule has 0 atom stereocenters. The van der Waals surface area contributed by atoms with E-state index in [0.717, 1.165) is 81.0 Å². The van der Waals surface area contributed by atoms with Crippen molar-refractivity contribution in [1.29, 1.82) is 0 Å². The quantitative estimate of drug-likeness (QED) is 0.164. The van der Waals surface area contributed by atoms with Crippen molar-refractivity contribution in [2.45, 2.75) is 46.2 Å². The number of aromatic nitrogens is 4. The van der Waals surface area contributed by atoms with E-state index in [2.05, 4.69) is 52.3 Å². The maximum Gasteiger partial charge on any atom is 0.162 e. The summed E-state index contributed by atoms with van der Waals surface area (Å²) in [7, 11) is 1.58. The zero-order valence-electron chi connectivity index (χ0n) is 30.4. The third-order valence-electron chi connectivity index (χ3n) is 9.89. The van der Waals surface area contributed by atoms with Gasteiger partial charge in [-0.2, -0.15) is 0 Å². The summed E-state index contributed by atoms with van der Waals surface area (Å²) in [5, 5.41) is 24.5. The molecular weight excluding hydrogens is 725 g/mol. The maximum absolute atomic E-state index is 11.4. The van der Waals surface area contributed by atoms with Crippen LogP contribution >= 0.6 is 22.7 Å². The Balaban J connectivity index is 1.02. The summed E-state index contributed by atoms with van der Waals surface area (Å²) in [6.07, 6.45) is 0. The lowest BCUT2D eigenvalue weighted by Gasteiger charge is -2.26. The zero-order chi connectivity index (χ0) is 37.5. The highest BCUT2D eigenvalue weighted by Gasteiger charge is 2.21. The number of benzene rings is 4. The molecule has 0 spiro atoms. The summed E-state index contributed by atoms with van der Waals surface area (Å²) in [4.78, 5) is 24.6. The van der Waals surface area contributed by atoms with Gasteiger partial charge in [0.2, 0.25) is 0 Å². The second-order valence-corrected chi connectivity index (χ2v) is 16.1. The van der Waals surface area contributed by atoms with Gasteiger partial charge in [-0.25, -0.2) is 9.97 Å². The predicted octanol–water partition coefficient (Wildman–Crippen LogP) is 9.48. The molecule has 4 bridgehead atoms. The second-order valence-electron chi connectivity index (χ2n) is 14.0. The number of hydrogen-bond acceptors (Lipinski definition) is 11. The highest BCUT2D eigenvalue weighted by atomic mass is 32.1. The van der Waals surface area contributed by atoms with Crippen molar-refractivity contribution in [3.05, 3.63) is 149 Å². The Morgan fingerprint density at radius 3 is 1.49 bits per heavy atom. The largest absolute Gasteiger partial charge is 0.507 e. The normalized spacial score (nSPS) is 13.9. The molecule has 0 fully saturated rings. The molecular formula is C44H38N6O3S2. The van der Waals surface area contributed by atoms with Gasteiger partial charge in [0.25, 0.3) is 0 Å². The Labute approximate surface area is 326 Å². The molecule has 1 aliphatic rings. The van der Waals surface area contributed by atoms with Gasteiger partial charge in [-0.3, -0.25) is 19.8 Å². The number of methoxy groups -OCH3 is 1. The van der Waals surface area contributed by atoms with Crippen LogP contribution in [0.1, 0.15) is 39.5 Å². The molecule has 4 aromatic carbocycles. The number of thiazole rings is 2. The van der Waals surface area contributed by atoms with Crippen LogP contribution in [0.2, 0.25) is 0 Å². The van der Waals surface area contributed by atoms with Crippen LogP contribution in [0, 0.1) is 6.92 Å². The fraction of sp³-hybridized carbons (Fsp3) is 0.182. The van der Waals surface area contributed by atoms with E-state index in [0.29, 0.717) is 50.8 Å². The molecule has 9 nitrogen and oxygen atoms in total. The number of ether oxygens (including phenoxy) is 1. The van der Waals surface area contributed by atoms with E-state index in [-0.39, 0.29) is 5.75 Å². The second kappa shape index (κ2) is 14.8. The van der Waals surface area contributed by atoms with Crippen LogP contribution in [0.15, 0.2) is 109 Å². The van der Waals surface area contributed by atoms with Gasteiger partial charge in [0, 0.05) is 61.5 Å². The summed E-state index contributed by atoms with van der Waals surface area (Å²) in [5.41, 5.74) is 9.88. The highest BCUT2D eigenvalue weighted by molar-refractivity contribution is 7.22. The molecule has 5 heterocycles. The minimum Gasteiger partial charge on any atom is -0.507 e. The molecule has 9 rings (SSSR count). The van der Waals surface area contributed by atoms with E-state index < -0.39 is 0 Å². The molecule has 0 radical (unpaired) electrons. The minimum absolute atomic E-state index is 0.114. The third kappa shape index (κ3) is 7.39. The van der Waals surface area contributed by atoms with Crippen molar-refractivity contribution in [3.8, 4) is 38.4 Å². The van der Waals surface area contributed by atoms with E-state index in [1.165, 1.54) is 0 Å². The van der Waals surface area contributed by atoms with Gasteiger partial charge in [-0.05, 0) is 85.3 Å². The fourth-order valence-corrected chi connectivity index (χ4v) is 9.20. The third-order valence-corrected chi connectivity index (χ3v) is 12.1. The summed E-state index contributed by atoms with van der Waals surface area (Å²) in [5.74, 6) is 0.818. The van der Waals surface area contributed by atoms with Gasteiger partial charge in [0.1, 0.15) is 15.8 Å². The Bertz CT molecular complexity index is 2570. The van der Waals surface area contributed by atoms with Gasteiger partial charge in [-0.15, -0.1) is 22.7 Å². The molecule has 0 aliphatic carbocycles. The Morgan fingerprint density at radius 1 is 0.564 bits per heavy atom. The number of para-hydroxylation sites is 2. The number of rotatable bonds is 7. The number of nitrogens with zero attached hydrogens (tertiary/aromatic N) is 6. The zero-order valence-corrected chi connectivity index (χ0v) is 32.1. The topological polar surface area (TPSA) is 108 Å². The van der Waals surface area contributed by atoms with E-state index in [9.17, 15) is 10.2 Å². The number of aromatic hydroxyl groups is 2. The molecule has 0 saturated carbocycles. The van der Waals surface area contributed by atoms with Crippen LogP contribution in [-0.2, 0) is 39.3 Å². The van der Waals surface area contributed by atoms with Crippen molar-refractivity contribution < 1.29 is 14.9 Å². The Morgan fingerprint density at radius 2 is 1.02 bits per heavy atom. The minimum atomic E-state index is 0.114. The van der Waals surface area contributed by atoms with Gasteiger partial charge >= 0.3 is 0 Å². The average molecular weight is 763 g/mol. The monoisotopic (exact) mass is 762 g/mol. The van der Waals surface area contributed by atoms with Crippen LogP contribution in [0.4, 0.5) is 0 Å². The number of phenolic OH excluding ortho intramolecular Hbond substituents is 2. The number of fused-ring (bicyclic) bond motifs is 6. The summed E-state index contributed by atoms with van der Waals surface area (Å²) in [6.45, 7) is 5.09. The predicted molar refractivity (Wildman–Crippen MR) is 219 cm³/mol. The number of hydrogen-bond donors (Lipinski definition) is 2. The number of phenols is 2. The van der Waals surface area contributed by atoms with Gasteiger partial charge in [0.15, 0.2) is 11.5 Å². The summed E-state index contributed by atoms with van der Waals surface area (Å²) < 4.78 is 7.91. The van der Waals surface area contributed by atoms with E-state index in [4.69, 9.17) is 24.7 Å². The average Bonchev–Trinajstić information content (AvgIpc) is 3.82. The molecule has 8 aromatic rings. The SMILES string of the molecule is COc1cc(-c2nc3ccccc3s2)cc(CN2Cc3cccc(n3)CN(Cc3cc(-c4nc5ccccc5s4)cc(C)c3O)Cc3cccc(n3)C2)c1O. The first-order valence-corrected chi connectivity index (χ1v) is 19.8. The van der Waals surface area contributed by atoms with E-state index in [1.54, 1.807) is 29.8 Å². The van der Waals surface area contributed by atoms with E-state index in [1.807, 2.05) is 73.7 Å². The van der Waals surface area contributed by atoms with Crippen LogP contribution in [0.25, 0.3) is 41.6 Å². The smallest absolute Gasteiger partial charge is 0.162 e. The maximum atomic E-state index is 11.4. The van der Waals surface area contributed by atoms with Crippen LogP contribution in [-0.4, -0.2) is 47.1 Å². The standard InChI is InChI=1S/C44H38N6O3S2/c1-27-17-28(43-47-36-13-3-5-15-39(36)54-43)18-30(41(27)51)21-49-23-32-9-7-11-34(45-32)25-50(26-35-12-8-10-33(24-49)46-35)22-31-19-29(20-38(53-2)42(31)52)44-48-37-14-4-6-16-40(37)55-44/h3-20,51-52H,21-26H2,1-2H3. The first kappa shape index (κ1) is 35.0. The molecule has 4 aromatic heterocycles. The van der Waals surface area contributed by atoms with Gasteiger partial charge < -0.3 is 14.9 Å². The lowest BCUT2D eigenvalue weighted by molar-refractivity contribution is 0.224. The van der Waals surface area contributed by atoms with Crippen LogP contribution in [0.5, 0.6) is 17.2 Å². The first-order chi connectivity index (χ1) is 26.8. The first-order valence-electron chi connectivity index (χ1n) is 18.1. The highest BCUT2D eigenvalue weighted by Crippen LogP contribution is 2.39. The van der Waals surface area contributed by atoms with Crippen molar-refractivity contribution in [1.82, 2.24) is 29.7 Å². The van der Waals surface area contributed by atoms with Crippen molar-refractivity contribution in [2.75, 3.05) is 7.11 Å². The van der Waals surface area contributed by atoms with Crippen molar-refractivity contribution in [2.24, 2.45) is 0 Å². The molecule has 11 heteroatoms. The lowest BCUT2D eigenvalue weighted by Crippen LogP contribution is -2.27. The lowest BCUT2D eigenvalue weighted by atomic mass is 10.0. The Kier molecular flexibility index (Phi) is 9.45. The van der Waals surface area contributed by atoms with Crippen molar-refractivity contribution in [3.63, 3.8) is 0 Å². The van der Waals surface area contributed by atoms with Crippen molar-refractivity contribution >= 4 is 43.1 Å². The van der Waals surface area contributed by atoms with Gasteiger partial charge in [-0.1, -0.05) is 36.4 Å². The number of pyridine rings is 2. The molecule has 274 valence electrons. The van der Waals surface area contributed by atoms with E-state index >= 15 is 0 Å². The van der Waals surface area contributed by atoms with Gasteiger partial charge in [0.05, 0.1) is 50.3 Å². The molecule has 0 unspecified atom stereocenters. The fourth-order valence-electron chi connectivity index (χ4n) is 7.30. The molecule has 0 amide bonds. The number of aryl methyl sites for hydroxylation is 1. The van der Waals surface area contributed by atoms with Crippen LogP contribution in [0.3, 0.4) is 0 Å². The Hall–Kier alpha value is -5.72. The molecule has 0 saturated heterocycles. The summed E-state index contributed by atoms with van der Waals surface area (Å²) in [6, 6.07) is 36.5. The van der Waals surface area contributed by atoms with Crippen LogP contribution < -0.4 is 4.74 Å².